The third-order valence-electron chi connectivity index (χ3n) is 5.29. The first-order valence-electron chi connectivity index (χ1n) is 8.08. The number of nitrogens with zero attached hydrogens (tertiary/aromatic N) is 1. The standard InChI is InChI=1S/C20H19BrN2O/c1-19(2)15-8-4-6-10-17(15)23-13-18(24)22-20(19,23)12-11-14-7-3-5-9-16(14)21/h3-12H,13H2,1-2H3,(H,22,24). The lowest BCUT2D eigenvalue weighted by Gasteiger charge is -2.40. The quantitative estimate of drug-likeness (QED) is 0.848. The smallest absolute Gasteiger partial charge is 0.241 e. The molecule has 2 aromatic rings. The number of hydrogen-bond donors (Lipinski definition) is 1. The summed E-state index contributed by atoms with van der Waals surface area (Å²) in [6.45, 7) is 4.78. The van der Waals surface area contributed by atoms with E-state index in [0.29, 0.717) is 6.54 Å². The summed E-state index contributed by atoms with van der Waals surface area (Å²) in [5, 5.41) is 3.24. The van der Waals surface area contributed by atoms with Crippen molar-refractivity contribution in [1.82, 2.24) is 5.32 Å². The van der Waals surface area contributed by atoms with Gasteiger partial charge in [0.2, 0.25) is 5.91 Å². The fourth-order valence-electron chi connectivity index (χ4n) is 3.96. The number of halogens is 1. The van der Waals surface area contributed by atoms with E-state index in [2.05, 4.69) is 76.4 Å². The van der Waals surface area contributed by atoms with Gasteiger partial charge in [-0.15, -0.1) is 0 Å². The fraction of sp³-hybridized carbons (Fsp3) is 0.250. The molecule has 0 saturated carbocycles. The maximum atomic E-state index is 12.2. The van der Waals surface area contributed by atoms with Crippen molar-refractivity contribution in [1.29, 1.82) is 0 Å². The van der Waals surface area contributed by atoms with E-state index in [0.717, 1.165) is 15.7 Å². The van der Waals surface area contributed by atoms with E-state index in [1.807, 2.05) is 24.3 Å². The Morgan fingerprint density at radius 1 is 1.12 bits per heavy atom. The molecule has 1 N–H and O–H groups in total. The monoisotopic (exact) mass is 382 g/mol. The van der Waals surface area contributed by atoms with Gasteiger partial charge in [-0.25, -0.2) is 0 Å². The summed E-state index contributed by atoms with van der Waals surface area (Å²) >= 11 is 3.59. The van der Waals surface area contributed by atoms with E-state index in [4.69, 9.17) is 0 Å². The minimum Gasteiger partial charge on any atom is -0.335 e. The Bertz CT molecular complexity index is 858. The van der Waals surface area contributed by atoms with Crippen molar-refractivity contribution in [2.45, 2.75) is 24.9 Å². The summed E-state index contributed by atoms with van der Waals surface area (Å²) in [4.78, 5) is 14.4. The molecule has 2 aromatic carbocycles. The number of benzene rings is 2. The average Bonchev–Trinajstić information content (AvgIpc) is 2.99. The molecule has 0 spiro atoms. The zero-order valence-corrected chi connectivity index (χ0v) is 15.3. The Balaban J connectivity index is 1.86. The van der Waals surface area contributed by atoms with Crippen LogP contribution in [0.4, 0.5) is 5.69 Å². The lowest BCUT2D eigenvalue weighted by atomic mass is 9.75. The summed E-state index contributed by atoms with van der Waals surface area (Å²) in [7, 11) is 0. The summed E-state index contributed by atoms with van der Waals surface area (Å²) < 4.78 is 1.04. The predicted octanol–water partition coefficient (Wildman–Crippen LogP) is 4.09. The van der Waals surface area contributed by atoms with Gasteiger partial charge in [0.05, 0.1) is 6.54 Å². The van der Waals surface area contributed by atoms with Crippen molar-refractivity contribution in [3.8, 4) is 0 Å². The first-order chi connectivity index (χ1) is 11.5. The van der Waals surface area contributed by atoms with Crippen LogP contribution in [0.5, 0.6) is 0 Å². The third kappa shape index (κ3) is 1.99. The first kappa shape index (κ1) is 15.5. The van der Waals surface area contributed by atoms with Crippen molar-refractivity contribution in [3.05, 3.63) is 70.2 Å². The molecule has 2 heterocycles. The van der Waals surface area contributed by atoms with E-state index in [1.54, 1.807) is 0 Å². The number of amides is 1. The van der Waals surface area contributed by atoms with Gasteiger partial charge < -0.3 is 10.2 Å². The molecule has 4 heteroatoms. The van der Waals surface area contributed by atoms with Crippen LogP contribution in [-0.4, -0.2) is 18.1 Å². The largest absolute Gasteiger partial charge is 0.335 e. The molecule has 0 radical (unpaired) electrons. The van der Waals surface area contributed by atoms with Gasteiger partial charge in [-0.05, 0) is 29.3 Å². The molecule has 1 amide bonds. The zero-order valence-electron chi connectivity index (χ0n) is 13.7. The van der Waals surface area contributed by atoms with Crippen LogP contribution in [0, 0.1) is 0 Å². The van der Waals surface area contributed by atoms with Crippen molar-refractivity contribution in [3.63, 3.8) is 0 Å². The molecule has 3 nitrogen and oxygen atoms in total. The molecule has 2 aliphatic heterocycles. The molecular formula is C20H19BrN2O. The third-order valence-corrected chi connectivity index (χ3v) is 6.01. The molecule has 122 valence electrons. The summed E-state index contributed by atoms with van der Waals surface area (Å²) in [5.41, 5.74) is 2.73. The van der Waals surface area contributed by atoms with Gasteiger partial charge in [-0.2, -0.15) is 0 Å². The van der Waals surface area contributed by atoms with Gasteiger partial charge >= 0.3 is 0 Å². The molecule has 4 rings (SSSR count). The Morgan fingerprint density at radius 3 is 2.62 bits per heavy atom. The molecule has 2 aliphatic rings. The average molecular weight is 383 g/mol. The Labute approximate surface area is 150 Å². The molecule has 1 atom stereocenters. The lowest BCUT2D eigenvalue weighted by molar-refractivity contribution is -0.118. The number of anilines is 1. The molecule has 0 bridgehead atoms. The van der Waals surface area contributed by atoms with Crippen LogP contribution < -0.4 is 10.2 Å². The second-order valence-electron chi connectivity index (χ2n) is 6.90. The van der Waals surface area contributed by atoms with E-state index in [-0.39, 0.29) is 11.3 Å². The minimum atomic E-state index is -0.539. The van der Waals surface area contributed by atoms with Crippen molar-refractivity contribution >= 4 is 33.6 Å². The molecule has 1 fully saturated rings. The van der Waals surface area contributed by atoms with Crippen LogP contribution in [-0.2, 0) is 10.2 Å². The van der Waals surface area contributed by atoms with Crippen molar-refractivity contribution in [2.75, 3.05) is 11.4 Å². The maximum absolute atomic E-state index is 12.2. The lowest BCUT2D eigenvalue weighted by Crippen LogP contribution is -2.58. The highest BCUT2D eigenvalue weighted by molar-refractivity contribution is 9.10. The van der Waals surface area contributed by atoms with E-state index in [9.17, 15) is 4.79 Å². The normalized spacial score (nSPS) is 24.1. The number of carbonyl (C=O) groups is 1. The van der Waals surface area contributed by atoms with E-state index in [1.165, 1.54) is 5.56 Å². The Morgan fingerprint density at radius 2 is 1.83 bits per heavy atom. The molecule has 1 unspecified atom stereocenters. The van der Waals surface area contributed by atoms with Crippen LogP contribution in [0.1, 0.15) is 25.0 Å². The summed E-state index contributed by atoms with van der Waals surface area (Å²) in [6.07, 6.45) is 4.23. The van der Waals surface area contributed by atoms with Crippen LogP contribution in [0.25, 0.3) is 6.08 Å². The SMILES string of the molecule is CC1(C)c2ccccc2N2CC(=O)NC21C=Cc1ccccc1Br. The van der Waals surface area contributed by atoms with Gasteiger partial charge in [-0.3, -0.25) is 4.79 Å². The maximum Gasteiger partial charge on any atom is 0.241 e. The molecular weight excluding hydrogens is 364 g/mol. The van der Waals surface area contributed by atoms with Crippen LogP contribution in [0.3, 0.4) is 0 Å². The van der Waals surface area contributed by atoms with Gasteiger partial charge in [0, 0.05) is 15.6 Å². The van der Waals surface area contributed by atoms with Gasteiger partial charge in [-0.1, -0.05) is 72.3 Å². The summed E-state index contributed by atoms with van der Waals surface area (Å²) in [5.74, 6) is 0.0642. The van der Waals surface area contributed by atoms with Crippen LogP contribution in [0.2, 0.25) is 0 Å². The highest BCUT2D eigenvalue weighted by atomic mass is 79.9. The number of fused-ring (bicyclic) bond motifs is 3. The van der Waals surface area contributed by atoms with Crippen molar-refractivity contribution < 1.29 is 4.79 Å². The van der Waals surface area contributed by atoms with Crippen LogP contribution >= 0.6 is 15.9 Å². The van der Waals surface area contributed by atoms with Gasteiger partial charge in [0.1, 0.15) is 5.66 Å². The minimum absolute atomic E-state index is 0.0642. The fourth-order valence-corrected chi connectivity index (χ4v) is 4.38. The second-order valence-corrected chi connectivity index (χ2v) is 7.75. The summed E-state index contributed by atoms with van der Waals surface area (Å²) in [6, 6.07) is 16.5. The highest BCUT2D eigenvalue weighted by Gasteiger charge is 2.59. The zero-order chi connectivity index (χ0) is 16.9. The number of carbonyl (C=O) groups excluding carboxylic acids is 1. The van der Waals surface area contributed by atoms with E-state index < -0.39 is 5.66 Å². The Hall–Kier alpha value is -2.07. The molecule has 1 saturated heterocycles. The Kier molecular flexibility index (Phi) is 3.36. The second kappa shape index (κ2) is 5.21. The number of hydrogen-bond acceptors (Lipinski definition) is 2. The van der Waals surface area contributed by atoms with Gasteiger partial charge in [0.15, 0.2) is 0 Å². The molecule has 24 heavy (non-hydrogen) atoms. The highest BCUT2D eigenvalue weighted by Crippen LogP contribution is 2.52. The molecule has 0 aliphatic carbocycles. The van der Waals surface area contributed by atoms with Crippen LogP contribution in [0.15, 0.2) is 59.1 Å². The number of para-hydroxylation sites is 1. The first-order valence-corrected chi connectivity index (χ1v) is 8.87. The number of nitrogens with one attached hydrogen (secondary N) is 1. The topological polar surface area (TPSA) is 32.3 Å². The van der Waals surface area contributed by atoms with Gasteiger partial charge in [0.25, 0.3) is 0 Å². The van der Waals surface area contributed by atoms with E-state index >= 15 is 0 Å². The van der Waals surface area contributed by atoms with Crippen molar-refractivity contribution in [2.24, 2.45) is 0 Å². The number of rotatable bonds is 2. The molecule has 0 aromatic heterocycles. The predicted molar refractivity (Wildman–Crippen MR) is 101 cm³/mol.